The molecule has 2 rings (SSSR count). The predicted molar refractivity (Wildman–Crippen MR) is 65.4 cm³/mol. The summed E-state index contributed by atoms with van der Waals surface area (Å²) in [6, 6.07) is 2.55. The highest BCUT2D eigenvalue weighted by Gasteiger charge is 2.45. The molecule has 9 heteroatoms. The Kier molecular flexibility index (Phi) is 3.30. The van der Waals surface area contributed by atoms with Crippen LogP contribution in [0.15, 0.2) is 17.0 Å². The molecule has 1 amide bonds. The molecule has 0 atom stereocenters. The number of sulfonamides is 1. The number of fused-ring (bicyclic) bond motifs is 1. The Morgan fingerprint density at radius 2 is 1.95 bits per heavy atom. The molecule has 0 radical (unpaired) electrons. The topological polar surface area (TPSA) is 110 Å². The van der Waals surface area contributed by atoms with Crippen molar-refractivity contribution < 1.29 is 32.6 Å². The van der Waals surface area contributed by atoms with Crippen molar-refractivity contribution in [1.29, 1.82) is 0 Å². The Hall–Kier alpha value is -2.29. The van der Waals surface area contributed by atoms with Crippen molar-refractivity contribution in [3.8, 4) is 11.5 Å². The fraction of sp³-hybridized carbons (Fsp3) is 0.273. The number of aliphatic carboxylic acids is 1. The molecule has 0 saturated carbocycles. The Morgan fingerprint density at radius 3 is 2.45 bits per heavy atom. The van der Waals surface area contributed by atoms with Crippen molar-refractivity contribution in [3.63, 3.8) is 0 Å². The van der Waals surface area contributed by atoms with Gasteiger partial charge in [0.15, 0.2) is 0 Å². The van der Waals surface area contributed by atoms with E-state index in [0.29, 0.717) is 4.31 Å². The van der Waals surface area contributed by atoms with Crippen LogP contribution in [-0.4, -0.2) is 50.5 Å². The van der Waals surface area contributed by atoms with Crippen LogP contribution in [0.4, 0.5) is 0 Å². The number of carboxylic acids is 1. The fourth-order valence-corrected chi connectivity index (χ4v) is 3.54. The number of carboxylic acid groups (broad SMARTS) is 1. The highest BCUT2D eigenvalue weighted by atomic mass is 32.2. The van der Waals surface area contributed by atoms with Crippen LogP contribution in [0.2, 0.25) is 0 Å². The molecule has 1 heterocycles. The molecule has 1 N–H and O–H groups in total. The largest absolute Gasteiger partial charge is 0.497 e. The van der Waals surface area contributed by atoms with Crippen LogP contribution in [-0.2, 0) is 14.8 Å². The van der Waals surface area contributed by atoms with Crippen LogP contribution in [0, 0.1) is 0 Å². The quantitative estimate of drug-likeness (QED) is 0.829. The SMILES string of the molecule is COc1cc(OC)c2c(c1)C(=O)N(CC(=O)O)S2(=O)=O. The average Bonchev–Trinajstić information content (AvgIpc) is 2.58. The molecule has 0 aliphatic carbocycles. The molecular weight excluding hydrogens is 290 g/mol. The van der Waals surface area contributed by atoms with E-state index in [1.165, 1.54) is 26.4 Å². The minimum Gasteiger partial charge on any atom is -0.497 e. The third kappa shape index (κ3) is 1.95. The number of rotatable bonds is 4. The first-order valence-electron chi connectivity index (χ1n) is 5.37. The van der Waals surface area contributed by atoms with Gasteiger partial charge in [-0.05, 0) is 6.07 Å². The van der Waals surface area contributed by atoms with E-state index in [2.05, 4.69) is 0 Å². The van der Waals surface area contributed by atoms with Gasteiger partial charge in [0.2, 0.25) is 0 Å². The summed E-state index contributed by atoms with van der Waals surface area (Å²) < 4.78 is 34.7. The Morgan fingerprint density at radius 1 is 1.30 bits per heavy atom. The van der Waals surface area contributed by atoms with Crippen molar-refractivity contribution in [2.24, 2.45) is 0 Å². The Balaban J connectivity index is 2.69. The first-order valence-corrected chi connectivity index (χ1v) is 6.81. The molecule has 0 unspecified atom stereocenters. The Bertz CT molecular complexity index is 695. The van der Waals surface area contributed by atoms with Gasteiger partial charge in [-0.3, -0.25) is 9.59 Å². The van der Waals surface area contributed by atoms with Gasteiger partial charge in [-0.25, -0.2) is 12.7 Å². The molecule has 1 aliphatic heterocycles. The zero-order valence-electron chi connectivity index (χ0n) is 10.6. The van der Waals surface area contributed by atoms with Gasteiger partial charge in [0.25, 0.3) is 15.9 Å². The van der Waals surface area contributed by atoms with Crippen molar-refractivity contribution in [1.82, 2.24) is 4.31 Å². The monoisotopic (exact) mass is 301 g/mol. The first-order chi connectivity index (χ1) is 9.32. The second kappa shape index (κ2) is 4.67. The smallest absolute Gasteiger partial charge is 0.324 e. The van der Waals surface area contributed by atoms with Crippen LogP contribution >= 0.6 is 0 Å². The molecule has 108 valence electrons. The zero-order chi connectivity index (χ0) is 15.1. The first kappa shape index (κ1) is 14.1. The average molecular weight is 301 g/mol. The minimum absolute atomic E-state index is 0.0689. The van der Waals surface area contributed by atoms with Crippen LogP contribution in [0.3, 0.4) is 0 Å². The summed E-state index contributed by atoms with van der Waals surface area (Å²) in [5.41, 5.74) is -0.164. The Labute approximate surface area is 114 Å². The van der Waals surface area contributed by atoms with Crippen LogP contribution in [0.5, 0.6) is 11.5 Å². The summed E-state index contributed by atoms with van der Waals surface area (Å²) in [4.78, 5) is 22.4. The normalized spacial score (nSPS) is 15.9. The lowest BCUT2D eigenvalue weighted by atomic mass is 10.2. The lowest BCUT2D eigenvalue weighted by Crippen LogP contribution is -2.34. The van der Waals surface area contributed by atoms with Gasteiger partial charge < -0.3 is 14.6 Å². The van der Waals surface area contributed by atoms with Gasteiger partial charge in [0.05, 0.1) is 19.8 Å². The highest BCUT2D eigenvalue weighted by Crippen LogP contribution is 2.39. The van der Waals surface area contributed by atoms with Gasteiger partial charge >= 0.3 is 5.97 Å². The zero-order valence-corrected chi connectivity index (χ0v) is 11.4. The van der Waals surface area contributed by atoms with Crippen LogP contribution in [0.1, 0.15) is 10.4 Å². The van der Waals surface area contributed by atoms with Crippen LogP contribution < -0.4 is 9.47 Å². The molecule has 1 aromatic carbocycles. The van der Waals surface area contributed by atoms with Crippen molar-refractivity contribution in [3.05, 3.63) is 17.7 Å². The summed E-state index contributed by atoms with van der Waals surface area (Å²) in [6.07, 6.45) is 0. The minimum atomic E-state index is -4.24. The number of carbonyl (C=O) groups is 2. The molecule has 0 aromatic heterocycles. The number of hydrogen-bond donors (Lipinski definition) is 1. The number of benzene rings is 1. The van der Waals surface area contributed by atoms with Gasteiger partial charge in [0, 0.05) is 6.07 Å². The predicted octanol–water partition coefficient (Wildman–Crippen LogP) is -0.0671. The van der Waals surface area contributed by atoms with Crippen molar-refractivity contribution in [2.75, 3.05) is 20.8 Å². The molecule has 8 nitrogen and oxygen atoms in total. The lowest BCUT2D eigenvalue weighted by Gasteiger charge is -2.12. The molecule has 0 bridgehead atoms. The number of hydrogen-bond acceptors (Lipinski definition) is 6. The lowest BCUT2D eigenvalue weighted by molar-refractivity contribution is -0.136. The van der Waals surface area contributed by atoms with E-state index in [-0.39, 0.29) is 22.0 Å². The maximum absolute atomic E-state index is 12.2. The van der Waals surface area contributed by atoms with E-state index in [1.807, 2.05) is 0 Å². The number of nitrogens with zero attached hydrogens (tertiary/aromatic N) is 1. The molecule has 0 fully saturated rings. The van der Waals surface area contributed by atoms with E-state index < -0.39 is 28.4 Å². The van der Waals surface area contributed by atoms with Gasteiger partial charge in [-0.1, -0.05) is 0 Å². The highest BCUT2D eigenvalue weighted by molar-refractivity contribution is 7.90. The van der Waals surface area contributed by atoms with Gasteiger partial charge in [-0.2, -0.15) is 0 Å². The molecule has 0 saturated heterocycles. The van der Waals surface area contributed by atoms with Crippen molar-refractivity contribution in [2.45, 2.75) is 4.90 Å². The summed E-state index contributed by atoms with van der Waals surface area (Å²) in [6.45, 7) is -0.943. The molecule has 0 spiro atoms. The molecule has 20 heavy (non-hydrogen) atoms. The van der Waals surface area contributed by atoms with Gasteiger partial charge in [-0.15, -0.1) is 0 Å². The van der Waals surface area contributed by atoms with Gasteiger partial charge in [0.1, 0.15) is 22.9 Å². The van der Waals surface area contributed by atoms with E-state index >= 15 is 0 Å². The van der Waals surface area contributed by atoms with E-state index in [4.69, 9.17) is 14.6 Å². The van der Waals surface area contributed by atoms with Crippen LogP contribution in [0.25, 0.3) is 0 Å². The number of carbonyl (C=O) groups excluding carboxylic acids is 1. The maximum Gasteiger partial charge on any atom is 0.324 e. The van der Waals surface area contributed by atoms with E-state index in [0.717, 1.165) is 0 Å². The summed E-state index contributed by atoms with van der Waals surface area (Å²) in [5, 5.41) is 8.72. The second-order valence-electron chi connectivity index (χ2n) is 3.92. The second-order valence-corrected chi connectivity index (χ2v) is 5.72. The molecular formula is C11H11NO7S. The maximum atomic E-state index is 12.2. The molecule has 1 aliphatic rings. The fourth-order valence-electron chi connectivity index (χ4n) is 1.90. The van der Waals surface area contributed by atoms with Crippen molar-refractivity contribution >= 4 is 21.9 Å². The third-order valence-corrected chi connectivity index (χ3v) is 4.58. The summed E-state index contributed by atoms with van der Waals surface area (Å²) in [5.74, 6) is -2.18. The number of amides is 1. The standard InChI is InChI=1S/C11H11NO7S/c1-18-6-3-7-10(8(4-6)19-2)20(16,17)12(11(7)15)5-9(13)14/h3-4H,5H2,1-2H3,(H,13,14). The number of methoxy groups -OCH3 is 2. The summed E-state index contributed by atoms with van der Waals surface area (Å²) in [7, 11) is -1.64. The number of ether oxygens (including phenoxy) is 2. The third-order valence-electron chi connectivity index (χ3n) is 2.77. The van der Waals surface area contributed by atoms with E-state index in [1.54, 1.807) is 0 Å². The molecule has 1 aromatic rings. The summed E-state index contributed by atoms with van der Waals surface area (Å²) >= 11 is 0. The van der Waals surface area contributed by atoms with E-state index in [9.17, 15) is 18.0 Å².